The lowest BCUT2D eigenvalue weighted by Crippen LogP contribution is -2.50. The summed E-state index contributed by atoms with van der Waals surface area (Å²) < 4.78 is 0. The van der Waals surface area contributed by atoms with Gasteiger partial charge in [-0.2, -0.15) is 0 Å². The Kier molecular flexibility index (Phi) is 8.06. The summed E-state index contributed by atoms with van der Waals surface area (Å²) in [6, 6.07) is 8.49. The number of nitrogens with one attached hydrogen (secondary N) is 1. The van der Waals surface area contributed by atoms with Gasteiger partial charge in [-0.15, -0.1) is 0 Å². The largest absolute Gasteiger partial charge is 0.355 e. The van der Waals surface area contributed by atoms with E-state index in [-0.39, 0.29) is 18.4 Å². The van der Waals surface area contributed by atoms with Gasteiger partial charge in [0.05, 0.1) is 13.1 Å². The summed E-state index contributed by atoms with van der Waals surface area (Å²) >= 11 is 0. The van der Waals surface area contributed by atoms with Crippen molar-refractivity contribution in [3.63, 3.8) is 0 Å². The highest BCUT2D eigenvalue weighted by atomic mass is 16.2. The van der Waals surface area contributed by atoms with E-state index < -0.39 is 0 Å². The molecule has 0 aliphatic carbocycles. The number of benzene rings is 1. The number of nitrogens with zero attached hydrogens (tertiary/aromatic N) is 3. The average molecular weight is 361 g/mol. The second-order valence-electron chi connectivity index (χ2n) is 7.08. The van der Waals surface area contributed by atoms with E-state index in [1.165, 1.54) is 16.0 Å². The molecule has 1 aliphatic rings. The van der Waals surface area contributed by atoms with Crippen molar-refractivity contribution in [3.8, 4) is 0 Å². The molecule has 1 N–H and O–H groups in total. The van der Waals surface area contributed by atoms with E-state index in [9.17, 15) is 9.59 Å². The van der Waals surface area contributed by atoms with Gasteiger partial charge in [-0.1, -0.05) is 31.2 Å². The molecule has 1 saturated heterocycles. The van der Waals surface area contributed by atoms with Crippen LogP contribution in [0.25, 0.3) is 0 Å². The monoisotopic (exact) mass is 360 g/mol. The molecule has 0 radical (unpaired) electrons. The number of hydrogen-bond donors (Lipinski definition) is 1. The first-order chi connectivity index (χ1) is 12.5. The van der Waals surface area contributed by atoms with Crippen molar-refractivity contribution >= 4 is 11.8 Å². The molecule has 0 unspecified atom stereocenters. The van der Waals surface area contributed by atoms with Crippen molar-refractivity contribution in [1.82, 2.24) is 20.0 Å². The Morgan fingerprint density at radius 2 is 1.77 bits per heavy atom. The summed E-state index contributed by atoms with van der Waals surface area (Å²) in [5, 5.41) is 2.80. The van der Waals surface area contributed by atoms with Crippen molar-refractivity contribution in [3.05, 3.63) is 35.4 Å². The zero-order valence-corrected chi connectivity index (χ0v) is 16.3. The van der Waals surface area contributed by atoms with Crippen molar-refractivity contribution in [2.24, 2.45) is 0 Å². The van der Waals surface area contributed by atoms with Crippen molar-refractivity contribution in [2.45, 2.75) is 26.8 Å². The van der Waals surface area contributed by atoms with Gasteiger partial charge in [0.25, 0.3) is 0 Å². The summed E-state index contributed by atoms with van der Waals surface area (Å²) in [5.74, 6) is -0.0882. The molecule has 6 nitrogen and oxygen atoms in total. The van der Waals surface area contributed by atoms with Gasteiger partial charge >= 0.3 is 0 Å². The Balaban J connectivity index is 1.71. The van der Waals surface area contributed by atoms with Crippen LogP contribution in [0, 0.1) is 6.92 Å². The van der Waals surface area contributed by atoms with E-state index in [4.69, 9.17) is 0 Å². The van der Waals surface area contributed by atoms with E-state index in [1.807, 2.05) is 6.92 Å². The molecule has 1 aromatic carbocycles. The molecule has 0 bridgehead atoms. The van der Waals surface area contributed by atoms with Gasteiger partial charge in [0.2, 0.25) is 11.8 Å². The Morgan fingerprint density at radius 3 is 2.42 bits per heavy atom. The van der Waals surface area contributed by atoms with Gasteiger partial charge in [0.15, 0.2) is 0 Å². The lowest BCUT2D eigenvalue weighted by molar-refractivity contribution is -0.136. The molecule has 0 aromatic heterocycles. The lowest BCUT2D eigenvalue weighted by atomic mass is 10.1. The van der Waals surface area contributed by atoms with Gasteiger partial charge < -0.3 is 10.2 Å². The number of rotatable bonds is 8. The molecule has 144 valence electrons. The molecule has 26 heavy (non-hydrogen) atoms. The summed E-state index contributed by atoms with van der Waals surface area (Å²) in [7, 11) is 1.70. The highest BCUT2D eigenvalue weighted by Crippen LogP contribution is 2.12. The number of amides is 2. The number of likely N-dealkylation sites (N-methyl/N-ethyl adjacent to an activating group) is 1. The summed E-state index contributed by atoms with van der Waals surface area (Å²) in [4.78, 5) is 30.2. The van der Waals surface area contributed by atoms with Crippen LogP contribution >= 0.6 is 0 Å². The minimum absolute atomic E-state index is 0.00371. The van der Waals surface area contributed by atoms with E-state index in [0.717, 1.165) is 39.1 Å². The first kappa shape index (κ1) is 20.4. The van der Waals surface area contributed by atoms with Crippen LogP contribution in [-0.2, 0) is 16.1 Å². The zero-order valence-electron chi connectivity index (χ0n) is 16.3. The fourth-order valence-electron chi connectivity index (χ4n) is 3.07. The second kappa shape index (κ2) is 10.3. The van der Waals surface area contributed by atoms with Gasteiger partial charge in [-0.25, -0.2) is 0 Å². The minimum atomic E-state index is -0.0919. The van der Waals surface area contributed by atoms with E-state index in [1.54, 1.807) is 7.05 Å². The lowest BCUT2D eigenvalue weighted by Gasteiger charge is -2.35. The number of carbonyl (C=O) groups is 2. The topological polar surface area (TPSA) is 55.9 Å². The number of aryl methyl sites for hydroxylation is 1. The van der Waals surface area contributed by atoms with E-state index >= 15 is 0 Å². The van der Waals surface area contributed by atoms with E-state index in [0.29, 0.717) is 13.1 Å². The molecule has 1 aliphatic heterocycles. The van der Waals surface area contributed by atoms with Gasteiger partial charge in [-0.3, -0.25) is 19.4 Å². The van der Waals surface area contributed by atoms with Crippen LogP contribution in [0.1, 0.15) is 24.5 Å². The highest BCUT2D eigenvalue weighted by Gasteiger charge is 2.21. The maximum atomic E-state index is 12.3. The molecule has 2 rings (SSSR count). The van der Waals surface area contributed by atoms with Crippen LogP contribution in [-0.4, -0.2) is 79.4 Å². The molecular formula is C20H32N4O2. The molecule has 6 heteroatoms. The van der Waals surface area contributed by atoms with Crippen molar-refractivity contribution in [1.29, 1.82) is 0 Å². The minimum Gasteiger partial charge on any atom is -0.355 e. The SMILES string of the molecule is CCCNC(=O)CN(C)C(=O)CN1CCN(Cc2ccccc2C)CC1. The molecule has 0 atom stereocenters. The fraction of sp³-hybridized carbons (Fsp3) is 0.600. The molecule has 0 spiro atoms. The Bertz CT molecular complexity index is 597. The van der Waals surface area contributed by atoms with Crippen LogP contribution < -0.4 is 5.32 Å². The van der Waals surface area contributed by atoms with Crippen LogP contribution in [0.2, 0.25) is 0 Å². The molecular weight excluding hydrogens is 328 g/mol. The molecule has 1 aromatic rings. The number of piperazine rings is 1. The van der Waals surface area contributed by atoms with Crippen LogP contribution in [0.3, 0.4) is 0 Å². The van der Waals surface area contributed by atoms with Crippen LogP contribution in [0.5, 0.6) is 0 Å². The molecule has 0 saturated carbocycles. The fourth-order valence-corrected chi connectivity index (χ4v) is 3.07. The summed E-state index contributed by atoms with van der Waals surface area (Å²) in [6.45, 7) is 9.98. The van der Waals surface area contributed by atoms with Gasteiger partial charge in [0.1, 0.15) is 0 Å². The zero-order chi connectivity index (χ0) is 18.9. The Hall–Kier alpha value is -1.92. The number of hydrogen-bond acceptors (Lipinski definition) is 4. The number of carbonyl (C=O) groups excluding carboxylic acids is 2. The summed E-state index contributed by atoms with van der Waals surface area (Å²) in [6.07, 6.45) is 0.899. The first-order valence-corrected chi connectivity index (χ1v) is 9.49. The van der Waals surface area contributed by atoms with Crippen LogP contribution in [0.4, 0.5) is 0 Å². The molecule has 1 heterocycles. The van der Waals surface area contributed by atoms with Gasteiger partial charge in [0, 0.05) is 46.3 Å². The molecule has 1 fully saturated rings. The van der Waals surface area contributed by atoms with Crippen molar-refractivity contribution in [2.75, 3.05) is 52.9 Å². The van der Waals surface area contributed by atoms with Crippen LogP contribution in [0.15, 0.2) is 24.3 Å². The maximum Gasteiger partial charge on any atom is 0.239 e. The third-order valence-corrected chi connectivity index (χ3v) is 4.86. The van der Waals surface area contributed by atoms with E-state index in [2.05, 4.69) is 46.3 Å². The third kappa shape index (κ3) is 6.42. The Morgan fingerprint density at radius 1 is 1.12 bits per heavy atom. The molecule has 2 amide bonds. The highest BCUT2D eigenvalue weighted by molar-refractivity contribution is 5.85. The second-order valence-corrected chi connectivity index (χ2v) is 7.08. The predicted octanol–water partition coefficient (Wildman–Crippen LogP) is 1.10. The normalized spacial score (nSPS) is 15.7. The Labute approximate surface area is 157 Å². The van der Waals surface area contributed by atoms with Crippen molar-refractivity contribution < 1.29 is 9.59 Å². The quantitative estimate of drug-likeness (QED) is 0.754. The standard InChI is InChI=1S/C20H32N4O2/c1-4-9-21-19(25)15-22(3)20(26)16-24-12-10-23(11-13-24)14-18-8-6-5-7-17(18)2/h5-8H,4,9-16H2,1-3H3,(H,21,25). The summed E-state index contributed by atoms with van der Waals surface area (Å²) in [5.41, 5.74) is 2.70. The third-order valence-electron chi connectivity index (χ3n) is 4.86. The smallest absolute Gasteiger partial charge is 0.239 e. The maximum absolute atomic E-state index is 12.3. The average Bonchev–Trinajstić information content (AvgIpc) is 2.63. The predicted molar refractivity (Wildman–Crippen MR) is 104 cm³/mol. The first-order valence-electron chi connectivity index (χ1n) is 9.49. The van der Waals surface area contributed by atoms with Gasteiger partial charge in [-0.05, 0) is 24.5 Å².